The molecule has 0 unspecified atom stereocenters. The second-order valence-corrected chi connectivity index (χ2v) is 6.28. The highest BCUT2D eigenvalue weighted by atomic mass is 32.1. The fraction of sp³-hybridized carbons (Fsp3) is 0.571. The molecule has 0 saturated heterocycles. The minimum Gasteiger partial charge on any atom is -0.482 e. The summed E-state index contributed by atoms with van der Waals surface area (Å²) in [6, 6.07) is 1.69. The van der Waals surface area contributed by atoms with Crippen LogP contribution in [0.5, 0.6) is 5.75 Å². The van der Waals surface area contributed by atoms with Crippen LogP contribution in [0.2, 0.25) is 0 Å². The fourth-order valence-electron chi connectivity index (χ4n) is 1.50. The molecular weight excluding hydrogens is 278 g/mol. The van der Waals surface area contributed by atoms with Gasteiger partial charge in [-0.1, -0.05) is 13.8 Å². The number of ether oxygens (including phenoxy) is 1. The molecule has 0 spiro atoms. The van der Waals surface area contributed by atoms with Crippen LogP contribution < -0.4 is 10.1 Å². The van der Waals surface area contributed by atoms with Gasteiger partial charge >= 0.3 is 5.97 Å². The van der Waals surface area contributed by atoms with Gasteiger partial charge in [-0.05, 0) is 32.8 Å². The SMILES string of the molecule is CCc1cc(OCC(=O)NC(C)(C)CC)c(C(=O)O)s1. The van der Waals surface area contributed by atoms with E-state index >= 15 is 0 Å². The molecule has 2 N–H and O–H groups in total. The largest absolute Gasteiger partial charge is 0.482 e. The average Bonchev–Trinajstić information content (AvgIpc) is 2.79. The van der Waals surface area contributed by atoms with Gasteiger partial charge in [0.25, 0.3) is 5.91 Å². The van der Waals surface area contributed by atoms with Crippen molar-refractivity contribution < 1.29 is 19.4 Å². The summed E-state index contributed by atoms with van der Waals surface area (Å²) in [5.74, 6) is -1.01. The van der Waals surface area contributed by atoms with Crippen molar-refractivity contribution >= 4 is 23.2 Å². The lowest BCUT2D eigenvalue weighted by Gasteiger charge is -2.24. The Morgan fingerprint density at radius 1 is 1.40 bits per heavy atom. The lowest BCUT2D eigenvalue weighted by Crippen LogP contribution is -2.44. The number of carbonyl (C=O) groups is 2. The first-order valence-corrected chi connectivity index (χ1v) is 7.40. The zero-order chi connectivity index (χ0) is 15.3. The molecule has 5 nitrogen and oxygen atoms in total. The van der Waals surface area contributed by atoms with Crippen molar-refractivity contribution in [3.63, 3.8) is 0 Å². The first-order chi connectivity index (χ1) is 9.29. The van der Waals surface area contributed by atoms with Crippen LogP contribution in [0, 0.1) is 0 Å². The molecule has 0 aliphatic carbocycles. The fourth-order valence-corrected chi connectivity index (χ4v) is 2.38. The van der Waals surface area contributed by atoms with E-state index < -0.39 is 5.97 Å². The second kappa shape index (κ2) is 6.74. The summed E-state index contributed by atoms with van der Waals surface area (Å²) in [6.07, 6.45) is 1.54. The average molecular weight is 299 g/mol. The van der Waals surface area contributed by atoms with Crippen LogP contribution in [-0.2, 0) is 11.2 Å². The van der Waals surface area contributed by atoms with Gasteiger partial charge in [-0.25, -0.2) is 4.79 Å². The maximum atomic E-state index is 11.8. The number of aromatic carboxylic acids is 1. The first-order valence-electron chi connectivity index (χ1n) is 6.59. The van der Waals surface area contributed by atoms with Crippen molar-refractivity contribution in [1.29, 1.82) is 0 Å². The van der Waals surface area contributed by atoms with E-state index in [1.807, 2.05) is 27.7 Å². The molecule has 20 heavy (non-hydrogen) atoms. The molecule has 0 radical (unpaired) electrons. The molecule has 0 saturated carbocycles. The summed E-state index contributed by atoms with van der Waals surface area (Å²) in [5.41, 5.74) is -0.292. The summed E-state index contributed by atoms with van der Waals surface area (Å²) in [5, 5.41) is 11.9. The molecule has 0 aromatic carbocycles. The Morgan fingerprint density at radius 3 is 2.55 bits per heavy atom. The molecule has 1 rings (SSSR count). The number of rotatable bonds is 7. The van der Waals surface area contributed by atoms with Crippen LogP contribution in [0.25, 0.3) is 0 Å². The lowest BCUT2D eigenvalue weighted by molar-refractivity contribution is -0.124. The summed E-state index contributed by atoms with van der Waals surface area (Å²) in [7, 11) is 0. The zero-order valence-electron chi connectivity index (χ0n) is 12.3. The molecule has 0 aliphatic heterocycles. The Balaban J connectivity index is 2.68. The van der Waals surface area contributed by atoms with E-state index in [9.17, 15) is 9.59 Å². The number of aryl methyl sites for hydroxylation is 1. The summed E-state index contributed by atoms with van der Waals surface area (Å²) in [4.78, 5) is 23.9. The third-order valence-electron chi connectivity index (χ3n) is 3.01. The summed E-state index contributed by atoms with van der Waals surface area (Å²) >= 11 is 1.18. The molecule has 1 aromatic heterocycles. The highest BCUT2D eigenvalue weighted by molar-refractivity contribution is 7.14. The maximum Gasteiger partial charge on any atom is 0.349 e. The zero-order valence-corrected chi connectivity index (χ0v) is 13.1. The van der Waals surface area contributed by atoms with E-state index in [0.717, 1.165) is 17.7 Å². The predicted molar refractivity (Wildman–Crippen MR) is 78.7 cm³/mol. The monoisotopic (exact) mass is 299 g/mol. The molecule has 1 amide bonds. The number of carboxylic acids is 1. The molecule has 1 aromatic rings. The number of nitrogens with one attached hydrogen (secondary N) is 1. The van der Waals surface area contributed by atoms with E-state index in [1.165, 1.54) is 11.3 Å². The standard InChI is InChI=1S/C14H21NO4S/c1-5-9-7-10(12(20-9)13(17)18)19-8-11(16)15-14(3,4)6-2/h7H,5-6,8H2,1-4H3,(H,15,16)(H,17,18). The van der Waals surface area contributed by atoms with Crippen molar-refractivity contribution in [2.24, 2.45) is 0 Å². The van der Waals surface area contributed by atoms with Gasteiger partial charge < -0.3 is 15.2 Å². The topological polar surface area (TPSA) is 75.6 Å². The van der Waals surface area contributed by atoms with E-state index in [0.29, 0.717) is 0 Å². The van der Waals surface area contributed by atoms with E-state index in [4.69, 9.17) is 9.84 Å². The van der Waals surface area contributed by atoms with E-state index in [1.54, 1.807) is 6.07 Å². The van der Waals surface area contributed by atoms with Crippen molar-refractivity contribution in [3.8, 4) is 5.75 Å². The molecular formula is C14H21NO4S. The Morgan fingerprint density at radius 2 is 2.05 bits per heavy atom. The quantitative estimate of drug-likeness (QED) is 0.811. The Kier molecular flexibility index (Phi) is 5.56. The number of carboxylic acid groups (broad SMARTS) is 1. The molecule has 6 heteroatoms. The van der Waals surface area contributed by atoms with E-state index in [-0.39, 0.29) is 28.7 Å². The van der Waals surface area contributed by atoms with Gasteiger partial charge in [0, 0.05) is 10.4 Å². The van der Waals surface area contributed by atoms with Crippen LogP contribution in [-0.4, -0.2) is 29.1 Å². The number of hydrogen-bond donors (Lipinski definition) is 2. The van der Waals surface area contributed by atoms with Crippen molar-refractivity contribution in [3.05, 3.63) is 15.8 Å². The van der Waals surface area contributed by atoms with Gasteiger partial charge in [-0.15, -0.1) is 11.3 Å². The molecule has 0 bridgehead atoms. The minimum absolute atomic E-state index is 0.143. The van der Waals surface area contributed by atoms with Gasteiger partial charge in [-0.2, -0.15) is 0 Å². The van der Waals surface area contributed by atoms with Gasteiger partial charge in [0.05, 0.1) is 0 Å². The minimum atomic E-state index is -1.03. The summed E-state index contributed by atoms with van der Waals surface area (Å²) < 4.78 is 5.35. The van der Waals surface area contributed by atoms with Crippen LogP contribution in [0.4, 0.5) is 0 Å². The predicted octanol–water partition coefficient (Wildman–Crippen LogP) is 2.69. The van der Waals surface area contributed by atoms with Gasteiger partial charge in [0.1, 0.15) is 5.75 Å². The summed E-state index contributed by atoms with van der Waals surface area (Å²) in [6.45, 7) is 7.60. The molecule has 0 aliphatic rings. The van der Waals surface area contributed by atoms with E-state index in [2.05, 4.69) is 5.32 Å². The molecule has 0 atom stereocenters. The van der Waals surface area contributed by atoms with Crippen LogP contribution >= 0.6 is 11.3 Å². The molecule has 112 valence electrons. The van der Waals surface area contributed by atoms with Crippen LogP contribution in [0.3, 0.4) is 0 Å². The third kappa shape index (κ3) is 4.52. The van der Waals surface area contributed by atoms with Crippen LogP contribution in [0.1, 0.15) is 48.7 Å². The normalized spacial score (nSPS) is 11.2. The molecule has 0 fully saturated rings. The highest BCUT2D eigenvalue weighted by Crippen LogP contribution is 2.29. The second-order valence-electron chi connectivity index (χ2n) is 5.14. The third-order valence-corrected chi connectivity index (χ3v) is 4.26. The van der Waals surface area contributed by atoms with Crippen molar-refractivity contribution in [2.45, 2.75) is 46.1 Å². The highest BCUT2D eigenvalue weighted by Gasteiger charge is 2.20. The maximum absolute atomic E-state index is 11.8. The molecule has 1 heterocycles. The first kappa shape index (κ1) is 16.5. The number of carbonyl (C=O) groups excluding carboxylic acids is 1. The smallest absolute Gasteiger partial charge is 0.349 e. The number of amides is 1. The van der Waals surface area contributed by atoms with Gasteiger partial charge in [-0.3, -0.25) is 4.79 Å². The van der Waals surface area contributed by atoms with Crippen molar-refractivity contribution in [2.75, 3.05) is 6.61 Å². The Bertz CT molecular complexity index is 493. The number of thiophene rings is 1. The number of hydrogen-bond acceptors (Lipinski definition) is 4. The lowest BCUT2D eigenvalue weighted by atomic mass is 10.0. The van der Waals surface area contributed by atoms with Crippen LogP contribution in [0.15, 0.2) is 6.07 Å². The van der Waals surface area contributed by atoms with Crippen molar-refractivity contribution in [1.82, 2.24) is 5.32 Å². The Hall–Kier alpha value is -1.56. The Labute approximate surface area is 123 Å². The van der Waals surface area contributed by atoms with Gasteiger partial charge in [0.15, 0.2) is 11.5 Å². The van der Waals surface area contributed by atoms with Gasteiger partial charge in [0.2, 0.25) is 0 Å².